The molecule has 2 atom stereocenters. The number of rotatable bonds is 48. The Balaban J connectivity index is 1.41. The van der Waals surface area contributed by atoms with Crippen molar-refractivity contribution < 1.29 is 51.8 Å². The minimum atomic E-state index is -4.70. The van der Waals surface area contributed by atoms with E-state index in [4.69, 9.17) is 33.7 Å². The molecule has 432 valence electrons. The molecule has 1 amide bonds. The molecule has 0 radical (unpaired) electrons. The number of phosphoric acid groups is 1. The van der Waals surface area contributed by atoms with Crippen LogP contribution in [0.4, 0.5) is 5.82 Å². The van der Waals surface area contributed by atoms with E-state index in [1.165, 1.54) is 87.9 Å². The second-order valence-electron chi connectivity index (χ2n) is 19.5. The molecule has 3 rings (SSSR count). The fourth-order valence-electron chi connectivity index (χ4n) is 8.39. The first-order valence-electron chi connectivity index (χ1n) is 28.7. The number of aromatic amines is 1. The first-order chi connectivity index (χ1) is 37.5. The van der Waals surface area contributed by atoms with Crippen LogP contribution in [0, 0.1) is 0 Å². The molecule has 0 aliphatic carbocycles. The average Bonchev–Trinajstić information content (AvgIpc) is 3.75. The number of aromatic nitrogens is 4. The van der Waals surface area contributed by atoms with E-state index >= 15 is 0 Å². The first kappa shape index (κ1) is 66.0. The van der Waals surface area contributed by atoms with Gasteiger partial charge in [0.25, 0.3) is 5.91 Å². The molecule has 2 aromatic heterocycles. The zero-order valence-electron chi connectivity index (χ0n) is 46.5. The molecule has 0 spiro atoms. The third-order valence-electron chi connectivity index (χ3n) is 12.8. The summed E-state index contributed by atoms with van der Waals surface area (Å²) in [5, 5.41) is 2.63. The van der Waals surface area contributed by atoms with Gasteiger partial charge in [0.15, 0.2) is 17.6 Å². The highest BCUT2D eigenvalue weighted by Crippen LogP contribution is 2.43. The van der Waals surface area contributed by atoms with E-state index in [9.17, 15) is 28.6 Å². The number of imidazole rings is 1. The van der Waals surface area contributed by atoms with Crippen molar-refractivity contribution in [3.63, 3.8) is 0 Å². The number of carbonyl (C=O) groups is 3. The van der Waals surface area contributed by atoms with Crippen molar-refractivity contribution in [2.24, 2.45) is 0 Å². The summed E-state index contributed by atoms with van der Waals surface area (Å²) >= 11 is 0. The lowest BCUT2D eigenvalue weighted by Gasteiger charge is -2.20. The number of H-pyrrole nitrogens is 1. The van der Waals surface area contributed by atoms with Gasteiger partial charge < -0.3 is 39.9 Å². The summed E-state index contributed by atoms with van der Waals surface area (Å²) in [6.45, 7) is 6.95. The van der Waals surface area contributed by atoms with Crippen LogP contribution in [0.15, 0.2) is 66.2 Å². The van der Waals surface area contributed by atoms with E-state index in [1.807, 2.05) is 0 Å². The summed E-state index contributed by atoms with van der Waals surface area (Å²) in [6, 6.07) is 6.43. The number of anilines is 1. The first-order valence-corrected chi connectivity index (χ1v) is 30.2. The number of amides is 1. The number of fused-ring (bicyclic) bond motifs is 1. The van der Waals surface area contributed by atoms with E-state index in [2.05, 4.69) is 65.0 Å². The molecule has 0 saturated heterocycles. The van der Waals surface area contributed by atoms with Gasteiger partial charge in [0.1, 0.15) is 25.3 Å². The molecule has 0 aliphatic heterocycles. The molecule has 1 aromatic carbocycles. The second kappa shape index (κ2) is 41.8. The maximum absolute atomic E-state index is 13.0. The third-order valence-corrected chi connectivity index (χ3v) is 13.8. The van der Waals surface area contributed by atoms with E-state index in [1.54, 1.807) is 24.3 Å². The average molecular weight is 1100 g/mol. The number of carbonyl (C=O) groups excluding carboxylic acids is 3. The number of nitrogens with two attached hydrogens (primary N) is 1. The van der Waals surface area contributed by atoms with Crippen LogP contribution in [0.3, 0.4) is 0 Å². The minimum Gasteiger partial charge on any atom is -0.498 e. The van der Waals surface area contributed by atoms with Gasteiger partial charge in [0, 0.05) is 24.9 Å². The topological polar surface area (TPSA) is 246 Å². The van der Waals surface area contributed by atoms with Crippen LogP contribution in [0.1, 0.15) is 210 Å². The normalized spacial score (nSPS) is 12.8. The fourth-order valence-corrected chi connectivity index (χ4v) is 9.14. The molecular formula is C58H93N6O12P. The maximum Gasteiger partial charge on any atom is 0.472 e. The number of unbranched alkanes of at least 4 members (excludes halogenated alkanes) is 22. The Morgan fingerprint density at radius 2 is 1.25 bits per heavy atom. The predicted molar refractivity (Wildman–Crippen MR) is 304 cm³/mol. The molecule has 0 aliphatic rings. The lowest BCUT2D eigenvalue weighted by molar-refractivity contribution is -0.161. The minimum absolute atomic E-state index is 0.0307. The van der Waals surface area contributed by atoms with Gasteiger partial charge in [-0.25, -0.2) is 9.36 Å². The SMILES string of the molecule is C=COCCOc1nc(N)c2[nH]c(=O)n(Cc3ccc(C(=O)NCCOP(=O)(O)OCC(COC(=O)CCCCCCCC=CCCCCCCCC)OC(=O)CCCCCCCC=CCCCCCCCC)cc3)c2n1. The molecule has 0 bridgehead atoms. The predicted octanol–water partition coefficient (Wildman–Crippen LogP) is 12.7. The van der Waals surface area contributed by atoms with Crippen LogP contribution in [0.5, 0.6) is 6.01 Å². The van der Waals surface area contributed by atoms with Crippen molar-refractivity contribution in [2.75, 3.05) is 45.3 Å². The zero-order valence-corrected chi connectivity index (χ0v) is 47.4. The van der Waals surface area contributed by atoms with Gasteiger partial charge >= 0.3 is 31.5 Å². The van der Waals surface area contributed by atoms with E-state index < -0.39 is 44.1 Å². The van der Waals surface area contributed by atoms with Crippen molar-refractivity contribution in [3.05, 3.63) is 83.0 Å². The third kappa shape index (κ3) is 31.0. The van der Waals surface area contributed by atoms with Crippen LogP contribution in [-0.2, 0) is 44.0 Å². The van der Waals surface area contributed by atoms with Gasteiger partial charge in [0.05, 0.1) is 26.0 Å². The van der Waals surface area contributed by atoms with Crippen LogP contribution in [-0.4, -0.2) is 87.9 Å². The number of hydrogen-bond donors (Lipinski definition) is 4. The van der Waals surface area contributed by atoms with E-state index in [-0.39, 0.29) is 80.9 Å². The van der Waals surface area contributed by atoms with Crippen LogP contribution in [0.2, 0.25) is 0 Å². The van der Waals surface area contributed by atoms with Gasteiger partial charge in [0.2, 0.25) is 0 Å². The number of phosphoric ester groups is 1. The highest BCUT2D eigenvalue weighted by atomic mass is 31.2. The standard InChI is InChI=1S/C58H93N6O12P/c1-4-7-9-11-13-15-17-19-21-23-25-27-29-31-33-35-51(65)73-46-50(76-52(66)36-34-32-30-28-26-24-22-20-18-16-14-12-10-8-5-2)47-75-77(69,70)74-42-41-60-56(67)49-39-37-48(38-40-49)45-64-55-53(61-58(64)68)54(59)62-57(63-55)72-44-43-71-6-3/h6,19-22,37-40,50H,3-5,7-18,23-36,41-47H2,1-2H3,(H,60,67)(H,61,68)(H,69,70)(H2,59,62,63). The number of allylic oxidation sites excluding steroid dienone is 4. The Morgan fingerprint density at radius 3 is 1.81 bits per heavy atom. The summed E-state index contributed by atoms with van der Waals surface area (Å²) in [5.74, 6) is -1.42. The molecule has 2 unspecified atom stereocenters. The van der Waals surface area contributed by atoms with E-state index in [0.717, 1.165) is 77.0 Å². The van der Waals surface area contributed by atoms with Crippen LogP contribution < -0.4 is 21.5 Å². The highest BCUT2D eigenvalue weighted by Gasteiger charge is 2.26. The number of nitrogens with zero attached hydrogens (tertiary/aromatic N) is 3. The van der Waals surface area contributed by atoms with Crippen molar-refractivity contribution >= 4 is 42.7 Å². The summed E-state index contributed by atoms with van der Waals surface area (Å²) in [7, 11) is -4.70. The lowest BCUT2D eigenvalue weighted by atomic mass is 10.1. The second-order valence-corrected chi connectivity index (χ2v) is 21.0. The van der Waals surface area contributed by atoms with Gasteiger partial charge in [-0.2, -0.15) is 9.97 Å². The number of benzene rings is 1. The van der Waals surface area contributed by atoms with Gasteiger partial charge in [-0.3, -0.25) is 28.0 Å². The Bertz CT molecular complexity index is 2270. The zero-order chi connectivity index (χ0) is 55.6. The van der Waals surface area contributed by atoms with Crippen molar-refractivity contribution in [1.82, 2.24) is 24.8 Å². The molecular weight excluding hydrogens is 1000 g/mol. The molecule has 2 heterocycles. The van der Waals surface area contributed by atoms with Gasteiger partial charge in [-0.1, -0.05) is 160 Å². The van der Waals surface area contributed by atoms with E-state index in [0.29, 0.717) is 18.4 Å². The summed E-state index contributed by atoms with van der Waals surface area (Å²) in [5.41, 5.74) is 7.03. The Labute approximate surface area is 458 Å². The fraction of sp³-hybridized carbons (Fsp3) is 0.655. The number of nitrogens with one attached hydrogen (secondary N) is 2. The molecule has 18 nitrogen and oxygen atoms in total. The van der Waals surface area contributed by atoms with Crippen molar-refractivity contribution in [2.45, 2.75) is 206 Å². The molecule has 19 heteroatoms. The quantitative estimate of drug-likeness (QED) is 0.0135. The Kier molecular flexibility index (Phi) is 35.8. The van der Waals surface area contributed by atoms with Crippen molar-refractivity contribution in [1.29, 1.82) is 0 Å². The number of nitrogen functional groups attached to an aromatic ring is 1. The molecule has 0 saturated carbocycles. The highest BCUT2D eigenvalue weighted by molar-refractivity contribution is 7.47. The molecule has 0 fully saturated rings. The number of hydrogen-bond acceptors (Lipinski definition) is 14. The number of ether oxygens (including phenoxy) is 4. The Morgan fingerprint density at radius 1 is 0.714 bits per heavy atom. The molecule has 5 N–H and O–H groups in total. The monoisotopic (exact) mass is 1100 g/mol. The Hall–Kier alpha value is -5.29. The summed E-state index contributed by atoms with van der Waals surface area (Å²) < 4.78 is 46.2. The summed E-state index contributed by atoms with van der Waals surface area (Å²) in [4.78, 5) is 73.0. The molecule has 3 aromatic rings. The molecule has 77 heavy (non-hydrogen) atoms. The maximum atomic E-state index is 13.0. The van der Waals surface area contributed by atoms with Gasteiger partial charge in [-0.15, -0.1) is 0 Å². The van der Waals surface area contributed by atoms with Gasteiger partial charge in [-0.05, 0) is 81.9 Å². The smallest absolute Gasteiger partial charge is 0.472 e. The summed E-state index contributed by atoms with van der Waals surface area (Å²) in [6.07, 6.45) is 39.1. The van der Waals surface area contributed by atoms with Crippen LogP contribution >= 0.6 is 7.82 Å². The lowest BCUT2D eigenvalue weighted by Crippen LogP contribution is -2.30. The van der Waals surface area contributed by atoms with Crippen LogP contribution in [0.25, 0.3) is 11.2 Å². The number of esters is 2. The largest absolute Gasteiger partial charge is 0.498 e. The van der Waals surface area contributed by atoms with Crippen molar-refractivity contribution in [3.8, 4) is 6.01 Å².